The van der Waals surface area contributed by atoms with E-state index in [1.807, 2.05) is 31.5 Å². The molecule has 0 unspecified atom stereocenters. The van der Waals surface area contributed by atoms with Crippen LogP contribution in [0.3, 0.4) is 0 Å². The molecule has 0 atom stereocenters. The first-order valence-electron chi connectivity index (χ1n) is 6.52. The molecule has 0 fully saturated rings. The van der Waals surface area contributed by atoms with Crippen molar-refractivity contribution in [3.05, 3.63) is 52.1 Å². The number of fused-ring (bicyclic) bond motifs is 1. The Balaban J connectivity index is 2.35. The van der Waals surface area contributed by atoms with Crippen LogP contribution in [-0.4, -0.2) is 19.5 Å². The number of hydrogen-bond donors (Lipinski definition) is 0. The lowest BCUT2D eigenvalue weighted by molar-refractivity contribution is -0.384. The zero-order valence-electron chi connectivity index (χ0n) is 12.0. The SMILES string of the molecule is Cc1cc(-c2cc3nc(C)n(C)c3cc2[N+](=O)[O-])ccn1. The van der Waals surface area contributed by atoms with Crippen LogP contribution in [0.4, 0.5) is 5.69 Å². The maximum Gasteiger partial charge on any atom is 0.279 e. The first kappa shape index (κ1) is 13.2. The molecule has 0 amide bonds. The van der Waals surface area contributed by atoms with E-state index in [1.165, 1.54) is 0 Å². The summed E-state index contributed by atoms with van der Waals surface area (Å²) in [6, 6.07) is 6.97. The van der Waals surface area contributed by atoms with Crippen LogP contribution in [0.5, 0.6) is 0 Å². The van der Waals surface area contributed by atoms with Crippen molar-refractivity contribution in [2.45, 2.75) is 13.8 Å². The highest BCUT2D eigenvalue weighted by Gasteiger charge is 2.19. The molecule has 6 heteroatoms. The summed E-state index contributed by atoms with van der Waals surface area (Å²) in [4.78, 5) is 19.6. The van der Waals surface area contributed by atoms with Crippen LogP contribution in [0.15, 0.2) is 30.5 Å². The van der Waals surface area contributed by atoms with E-state index in [4.69, 9.17) is 0 Å². The summed E-state index contributed by atoms with van der Waals surface area (Å²) < 4.78 is 1.85. The van der Waals surface area contributed by atoms with Crippen LogP contribution in [0, 0.1) is 24.0 Å². The van der Waals surface area contributed by atoms with Crippen molar-refractivity contribution < 1.29 is 4.92 Å². The van der Waals surface area contributed by atoms with Gasteiger partial charge in [-0.1, -0.05) is 0 Å². The van der Waals surface area contributed by atoms with Crippen LogP contribution in [0.2, 0.25) is 0 Å². The van der Waals surface area contributed by atoms with Gasteiger partial charge in [0, 0.05) is 25.0 Å². The Hall–Kier alpha value is -2.76. The lowest BCUT2D eigenvalue weighted by atomic mass is 10.0. The summed E-state index contributed by atoms with van der Waals surface area (Å²) in [6.45, 7) is 3.74. The highest BCUT2D eigenvalue weighted by atomic mass is 16.6. The molecule has 0 bridgehead atoms. The van der Waals surface area contributed by atoms with Gasteiger partial charge in [-0.05, 0) is 37.6 Å². The quantitative estimate of drug-likeness (QED) is 0.534. The van der Waals surface area contributed by atoms with Gasteiger partial charge >= 0.3 is 0 Å². The highest BCUT2D eigenvalue weighted by Crippen LogP contribution is 2.34. The number of imidazole rings is 1. The second-order valence-corrected chi connectivity index (χ2v) is 5.02. The molecule has 0 aliphatic heterocycles. The molecule has 1 aromatic carbocycles. The number of pyridine rings is 1. The molecule has 2 aromatic heterocycles. The van der Waals surface area contributed by atoms with E-state index in [1.54, 1.807) is 24.4 Å². The van der Waals surface area contributed by atoms with E-state index in [0.29, 0.717) is 5.56 Å². The normalized spacial score (nSPS) is 11.0. The summed E-state index contributed by atoms with van der Waals surface area (Å²) in [5.41, 5.74) is 3.75. The maximum atomic E-state index is 11.4. The van der Waals surface area contributed by atoms with E-state index >= 15 is 0 Å². The van der Waals surface area contributed by atoms with Crippen molar-refractivity contribution in [1.82, 2.24) is 14.5 Å². The molecule has 106 valence electrons. The van der Waals surface area contributed by atoms with Gasteiger partial charge in [-0.2, -0.15) is 0 Å². The molecule has 6 nitrogen and oxygen atoms in total. The Labute approximate surface area is 121 Å². The Morgan fingerprint density at radius 2 is 2.00 bits per heavy atom. The summed E-state index contributed by atoms with van der Waals surface area (Å²) in [6.07, 6.45) is 1.66. The fourth-order valence-corrected chi connectivity index (χ4v) is 2.44. The minimum absolute atomic E-state index is 0.0797. The zero-order valence-corrected chi connectivity index (χ0v) is 12.0. The number of hydrogen-bond acceptors (Lipinski definition) is 4. The molecule has 0 saturated heterocycles. The molecule has 0 aliphatic carbocycles. The van der Waals surface area contributed by atoms with Gasteiger partial charge in [-0.3, -0.25) is 15.1 Å². The van der Waals surface area contributed by atoms with Gasteiger partial charge in [-0.25, -0.2) is 4.98 Å². The van der Waals surface area contributed by atoms with Gasteiger partial charge in [0.15, 0.2) is 0 Å². The molecule has 2 heterocycles. The van der Waals surface area contributed by atoms with Crippen LogP contribution < -0.4 is 0 Å². The fourth-order valence-electron chi connectivity index (χ4n) is 2.44. The van der Waals surface area contributed by atoms with Gasteiger partial charge in [-0.15, -0.1) is 0 Å². The molecule has 0 saturated carbocycles. The number of aromatic nitrogens is 3. The third-order valence-corrected chi connectivity index (χ3v) is 3.63. The average Bonchev–Trinajstić information content (AvgIpc) is 2.72. The van der Waals surface area contributed by atoms with E-state index in [-0.39, 0.29) is 10.6 Å². The van der Waals surface area contributed by atoms with Crippen molar-refractivity contribution in [3.63, 3.8) is 0 Å². The lowest BCUT2D eigenvalue weighted by Crippen LogP contribution is -1.95. The van der Waals surface area contributed by atoms with Gasteiger partial charge in [0.1, 0.15) is 5.82 Å². The maximum absolute atomic E-state index is 11.4. The van der Waals surface area contributed by atoms with E-state index in [9.17, 15) is 10.1 Å². The number of nitro benzene ring substituents is 1. The first-order chi connectivity index (χ1) is 9.97. The third kappa shape index (κ3) is 2.14. The van der Waals surface area contributed by atoms with Gasteiger partial charge < -0.3 is 4.57 Å². The van der Waals surface area contributed by atoms with Crippen molar-refractivity contribution >= 4 is 16.7 Å². The predicted octanol–water partition coefficient (Wildman–Crippen LogP) is 3.16. The van der Waals surface area contributed by atoms with Crippen LogP contribution in [-0.2, 0) is 7.05 Å². The van der Waals surface area contributed by atoms with E-state index < -0.39 is 0 Å². The lowest BCUT2D eigenvalue weighted by Gasteiger charge is -2.05. The summed E-state index contributed by atoms with van der Waals surface area (Å²) in [5, 5.41) is 11.4. The number of benzene rings is 1. The van der Waals surface area contributed by atoms with E-state index in [2.05, 4.69) is 9.97 Å². The van der Waals surface area contributed by atoms with Crippen LogP contribution in [0.1, 0.15) is 11.5 Å². The Bertz CT molecular complexity index is 867. The van der Waals surface area contributed by atoms with Crippen LogP contribution in [0.25, 0.3) is 22.2 Å². The number of nitro groups is 1. The predicted molar refractivity (Wildman–Crippen MR) is 80.1 cm³/mol. The van der Waals surface area contributed by atoms with Gasteiger partial charge in [0.05, 0.1) is 21.5 Å². The van der Waals surface area contributed by atoms with Crippen molar-refractivity contribution in [2.24, 2.45) is 7.05 Å². The number of rotatable bonds is 2. The van der Waals surface area contributed by atoms with Gasteiger partial charge in [0.25, 0.3) is 5.69 Å². The monoisotopic (exact) mass is 282 g/mol. The molecule has 0 N–H and O–H groups in total. The second kappa shape index (κ2) is 4.66. The standard InChI is InChI=1S/C15H14N4O2/c1-9-6-11(4-5-16-9)12-7-13-15(8-14(12)19(20)21)18(3)10(2)17-13/h4-8H,1-3H3. The largest absolute Gasteiger partial charge is 0.331 e. The molecular formula is C15H14N4O2. The third-order valence-electron chi connectivity index (χ3n) is 3.63. The molecule has 0 radical (unpaired) electrons. The molecule has 21 heavy (non-hydrogen) atoms. The molecule has 3 rings (SSSR count). The van der Waals surface area contributed by atoms with Crippen molar-refractivity contribution in [2.75, 3.05) is 0 Å². The fraction of sp³-hybridized carbons (Fsp3) is 0.200. The van der Waals surface area contributed by atoms with Gasteiger partial charge in [0.2, 0.25) is 0 Å². The van der Waals surface area contributed by atoms with Crippen molar-refractivity contribution in [3.8, 4) is 11.1 Å². The summed E-state index contributed by atoms with van der Waals surface area (Å²) in [5.74, 6) is 0.822. The molecule has 0 aliphatic rings. The first-order valence-corrected chi connectivity index (χ1v) is 6.52. The molecular weight excluding hydrogens is 268 g/mol. The van der Waals surface area contributed by atoms with E-state index in [0.717, 1.165) is 28.1 Å². The number of nitrogens with zero attached hydrogens (tertiary/aromatic N) is 4. The topological polar surface area (TPSA) is 73.8 Å². The second-order valence-electron chi connectivity index (χ2n) is 5.02. The Morgan fingerprint density at radius 3 is 2.67 bits per heavy atom. The number of aryl methyl sites for hydroxylation is 3. The van der Waals surface area contributed by atoms with Crippen molar-refractivity contribution in [1.29, 1.82) is 0 Å². The molecule has 0 spiro atoms. The Morgan fingerprint density at radius 1 is 1.24 bits per heavy atom. The zero-order chi connectivity index (χ0) is 15.1. The molecule has 3 aromatic rings. The minimum atomic E-state index is -0.354. The average molecular weight is 282 g/mol. The smallest absolute Gasteiger partial charge is 0.279 e. The summed E-state index contributed by atoms with van der Waals surface area (Å²) >= 11 is 0. The van der Waals surface area contributed by atoms with Crippen LogP contribution >= 0.6 is 0 Å². The summed E-state index contributed by atoms with van der Waals surface area (Å²) in [7, 11) is 1.85. The highest BCUT2D eigenvalue weighted by molar-refractivity contribution is 5.88. The Kier molecular flexibility index (Phi) is 2.94. The minimum Gasteiger partial charge on any atom is -0.331 e.